The normalized spacial score (nSPS) is 14.4. The third-order valence-electron chi connectivity index (χ3n) is 4.81. The highest BCUT2D eigenvalue weighted by Gasteiger charge is 2.20. The summed E-state index contributed by atoms with van der Waals surface area (Å²) in [6.45, 7) is 0.899. The van der Waals surface area contributed by atoms with E-state index in [1.165, 1.54) is 0 Å². The van der Waals surface area contributed by atoms with Crippen molar-refractivity contribution in [2.24, 2.45) is 0 Å². The Morgan fingerprint density at radius 3 is 2.67 bits per heavy atom. The minimum absolute atomic E-state index is 0.139. The third kappa shape index (κ3) is 3.67. The molecular weight excluding hydrogens is 340 g/mol. The summed E-state index contributed by atoms with van der Waals surface area (Å²) in [5.41, 5.74) is 3.01. The number of carbonyl (C=O) groups is 2. The number of ether oxygens (including phenoxy) is 1. The van der Waals surface area contributed by atoms with E-state index in [9.17, 15) is 9.59 Å². The number of para-hydroxylation sites is 1. The first-order valence-corrected chi connectivity index (χ1v) is 9.12. The second-order valence-electron chi connectivity index (χ2n) is 6.62. The third-order valence-corrected chi connectivity index (χ3v) is 4.81. The van der Waals surface area contributed by atoms with Gasteiger partial charge in [0.05, 0.1) is 11.1 Å². The average molecular weight is 360 g/mol. The summed E-state index contributed by atoms with van der Waals surface area (Å²) in [7, 11) is 0. The van der Waals surface area contributed by atoms with Crippen molar-refractivity contribution in [3.63, 3.8) is 0 Å². The Hall–Kier alpha value is -3.21. The van der Waals surface area contributed by atoms with Gasteiger partial charge in [-0.05, 0) is 43.2 Å². The lowest BCUT2D eigenvalue weighted by atomic mass is 10.1. The van der Waals surface area contributed by atoms with Crippen LogP contribution >= 0.6 is 0 Å². The van der Waals surface area contributed by atoms with Gasteiger partial charge in [-0.25, -0.2) is 4.79 Å². The van der Waals surface area contributed by atoms with Crippen LogP contribution in [0.5, 0.6) is 0 Å². The summed E-state index contributed by atoms with van der Waals surface area (Å²) in [6.07, 6.45) is 4.27. The molecule has 136 valence electrons. The molecule has 0 bridgehead atoms. The summed E-state index contributed by atoms with van der Waals surface area (Å²) in [4.78, 5) is 30.5. The maximum atomic E-state index is 12.4. The minimum Gasteiger partial charge on any atom is -0.457 e. The maximum Gasteiger partial charge on any atom is 0.338 e. The molecule has 0 unspecified atom stereocenters. The van der Waals surface area contributed by atoms with Crippen LogP contribution in [0.2, 0.25) is 0 Å². The molecule has 0 saturated carbocycles. The molecule has 1 saturated heterocycles. The van der Waals surface area contributed by atoms with E-state index in [2.05, 4.69) is 4.98 Å². The van der Waals surface area contributed by atoms with E-state index in [0.29, 0.717) is 12.0 Å². The van der Waals surface area contributed by atoms with Gasteiger partial charge in [0.25, 0.3) is 0 Å². The van der Waals surface area contributed by atoms with Gasteiger partial charge in [0.2, 0.25) is 5.91 Å². The Labute approximate surface area is 157 Å². The highest BCUT2D eigenvalue weighted by molar-refractivity contribution is 5.95. The molecule has 1 fully saturated rings. The van der Waals surface area contributed by atoms with Crippen molar-refractivity contribution < 1.29 is 14.3 Å². The molecule has 5 heteroatoms. The zero-order valence-corrected chi connectivity index (χ0v) is 14.9. The zero-order chi connectivity index (χ0) is 18.6. The lowest BCUT2D eigenvalue weighted by Gasteiger charge is -2.26. The first-order valence-electron chi connectivity index (χ1n) is 9.12. The first kappa shape index (κ1) is 17.2. The second kappa shape index (κ2) is 7.58. The van der Waals surface area contributed by atoms with Crippen LogP contribution in [0.4, 0.5) is 5.69 Å². The van der Waals surface area contributed by atoms with Gasteiger partial charge >= 0.3 is 5.97 Å². The smallest absolute Gasteiger partial charge is 0.338 e. The highest BCUT2D eigenvalue weighted by Crippen LogP contribution is 2.22. The van der Waals surface area contributed by atoms with Gasteiger partial charge in [-0.15, -0.1) is 0 Å². The summed E-state index contributed by atoms with van der Waals surface area (Å²) in [6, 6.07) is 16.7. The molecule has 5 nitrogen and oxygen atoms in total. The van der Waals surface area contributed by atoms with Crippen molar-refractivity contribution in [1.29, 1.82) is 0 Å². The lowest BCUT2D eigenvalue weighted by molar-refractivity contribution is -0.119. The predicted octanol–water partition coefficient (Wildman–Crippen LogP) is 4.11. The standard InChI is InChI=1S/C22H20N2O3/c25-20-8-1-2-14-24(20)19-11-9-17(10-12-19)22(26)27-15-18-6-3-5-16-7-4-13-23-21(16)18/h3-7,9-13H,1-2,8,14-15H2. The number of anilines is 1. The van der Waals surface area contributed by atoms with Crippen molar-refractivity contribution in [1.82, 2.24) is 4.98 Å². The van der Waals surface area contributed by atoms with Crippen LogP contribution in [0, 0.1) is 0 Å². The van der Waals surface area contributed by atoms with E-state index in [4.69, 9.17) is 4.74 Å². The molecule has 2 heterocycles. The van der Waals surface area contributed by atoms with Gasteiger partial charge in [-0.3, -0.25) is 9.78 Å². The van der Waals surface area contributed by atoms with Crippen LogP contribution in [-0.4, -0.2) is 23.4 Å². The van der Waals surface area contributed by atoms with E-state index in [0.717, 1.165) is 41.5 Å². The number of nitrogens with zero attached hydrogens (tertiary/aromatic N) is 2. The average Bonchev–Trinajstić information content (AvgIpc) is 2.72. The van der Waals surface area contributed by atoms with Gasteiger partial charge < -0.3 is 9.64 Å². The number of rotatable bonds is 4. The molecule has 0 spiro atoms. The van der Waals surface area contributed by atoms with E-state index < -0.39 is 0 Å². The molecule has 1 amide bonds. The molecule has 1 aliphatic heterocycles. The molecule has 0 radical (unpaired) electrons. The van der Waals surface area contributed by atoms with Crippen molar-refractivity contribution >= 4 is 28.5 Å². The fourth-order valence-electron chi connectivity index (χ4n) is 3.37. The Morgan fingerprint density at radius 2 is 1.85 bits per heavy atom. The molecule has 0 atom stereocenters. The predicted molar refractivity (Wildman–Crippen MR) is 104 cm³/mol. The number of benzene rings is 2. The summed E-state index contributed by atoms with van der Waals surface area (Å²) < 4.78 is 5.47. The molecule has 2 aromatic carbocycles. The van der Waals surface area contributed by atoms with Crippen molar-refractivity contribution in [2.45, 2.75) is 25.9 Å². The maximum absolute atomic E-state index is 12.4. The number of hydrogen-bond donors (Lipinski definition) is 0. The van der Waals surface area contributed by atoms with Crippen LogP contribution in [0.15, 0.2) is 60.8 Å². The minimum atomic E-state index is -0.389. The molecule has 0 N–H and O–H groups in total. The largest absolute Gasteiger partial charge is 0.457 e. The Balaban J connectivity index is 1.44. The summed E-state index contributed by atoms with van der Waals surface area (Å²) in [5.74, 6) is -0.250. The van der Waals surface area contributed by atoms with Crippen LogP contribution in [0.3, 0.4) is 0 Å². The van der Waals surface area contributed by atoms with Gasteiger partial charge in [0, 0.05) is 35.8 Å². The van der Waals surface area contributed by atoms with Crippen molar-refractivity contribution in [3.05, 3.63) is 71.9 Å². The molecule has 4 rings (SSSR count). The van der Waals surface area contributed by atoms with Gasteiger partial charge in [-0.2, -0.15) is 0 Å². The Kier molecular flexibility index (Phi) is 4.83. The lowest BCUT2D eigenvalue weighted by Crippen LogP contribution is -2.35. The van der Waals surface area contributed by atoms with Crippen LogP contribution in [0.1, 0.15) is 35.2 Å². The quantitative estimate of drug-likeness (QED) is 0.657. The number of carbonyl (C=O) groups excluding carboxylic acids is 2. The number of pyridine rings is 1. The van der Waals surface area contributed by atoms with E-state index in [1.807, 2.05) is 30.3 Å². The highest BCUT2D eigenvalue weighted by atomic mass is 16.5. The molecular formula is C22H20N2O3. The molecule has 1 aliphatic rings. The van der Waals surface area contributed by atoms with E-state index in [-0.39, 0.29) is 18.5 Å². The molecule has 3 aromatic rings. The number of aromatic nitrogens is 1. The molecule has 0 aliphatic carbocycles. The fourth-order valence-corrected chi connectivity index (χ4v) is 3.37. The van der Waals surface area contributed by atoms with E-state index in [1.54, 1.807) is 35.4 Å². The van der Waals surface area contributed by atoms with Gasteiger partial charge in [0.1, 0.15) is 6.61 Å². The Bertz CT molecular complexity index is 977. The number of piperidine rings is 1. The number of hydrogen-bond acceptors (Lipinski definition) is 4. The van der Waals surface area contributed by atoms with Crippen LogP contribution in [-0.2, 0) is 16.1 Å². The zero-order valence-electron chi connectivity index (χ0n) is 14.9. The van der Waals surface area contributed by atoms with Crippen molar-refractivity contribution in [3.8, 4) is 0 Å². The molecule has 1 aromatic heterocycles. The topological polar surface area (TPSA) is 59.5 Å². The second-order valence-corrected chi connectivity index (χ2v) is 6.62. The van der Waals surface area contributed by atoms with Gasteiger partial charge in [-0.1, -0.05) is 24.3 Å². The molecule has 27 heavy (non-hydrogen) atoms. The summed E-state index contributed by atoms with van der Waals surface area (Å²) in [5, 5.41) is 1.02. The fraction of sp³-hybridized carbons (Fsp3) is 0.227. The number of amides is 1. The SMILES string of the molecule is O=C(OCc1cccc2cccnc12)c1ccc(N2CCCCC2=O)cc1. The summed E-state index contributed by atoms with van der Waals surface area (Å²) >= 11 is 0. The number of esters is 1. The first-order chi connectivity index (χ1) is 13.2. The Morgan fingerprint density at radius 1 is 1.04 bits per heavy atom. The number of fused-ring (bicyclic) bond motifs is 1. The monoisotopic (exact) mass is 360 g/mol. The van der Waals surface area contributed by atoms with Crippen LogP contribution < -0.4 is 4.90 Å². The van der Waals surface area contributed by atoms with Gasteiger partial charge in [0.15, 0.2) is 0 Å². The van der Waals surface area contributed by atoms with E-state index >= 15 is 0 Å². The van der Waals surface area contributed by atoms with Crippen molar-refractivity contribution in [2.75, 3.05) is 11.4 Å². The van der Waals surface area contributed by atoms with Crippen LogP contribution in [0.25, 0.3) is 10.9 Å².